The van der Waals surface area contributed by atoms with Gasteiger partial charge in [0.1, 0.15) is 0 Å². The Morgan fingerprint density at radius 2 is 2.18 bits per heavy atom. The zero-order valence-corrected chi connectivity index (χ0v) is 13.2. The van der Waals surface area contributed by atoms with Gasteiger partial charge in [0.2, 0.25) is 0 Å². The highest BCUT2D eigenvalue weighted by atomic mass is 35.5. The van der Waals surface area contributed by atoms with Crippen LogP contribution in [0.2, 0.25) is 0 Å². The predicted molar refractivity (Wildman–Crippen MR) is 88.8 cm³/mol. The van der Waals surface area contributed by atoms with Gasteiger partial charge < -0.3 is 10.6 Å². The zero-order chi connectivity index (χ0) is 14.5. The molecular formula is C16H21ClN4O. The molecule has 22 heavy (non-hydrogen) atoms. The molecule has 2 heterocycles. The third kappa shape index (κ3) is 4.08. The van der Waals surface area contributed by atoms with Gasteiger partial charge in [-0.15, -0.1) is 12.4 Å². The van der Waals surface area contributed by atoms with Crippen LogP contribution in [-0.2, 0) is 0 Å². The van der Waals surface area contributed by atoms with E-state index in [9.17, 15) is 4.79 Å². The highest BCUT2D eigenvalue weighted by Gasteiger charge is 2.14. The molecule has 1 saturated heterocycles. The topological polar surface area (TPSA) is 59.0 Å². The molecular weight excluding hydrogens is 300 g/mol. The van der Waals surface area contributed by atoms with Gasteiger partial charge in [-0.05, 0) is 37.9 Å². The van der Waals surface area contributed by atoms with Crippen molar-refractivity contribution in [2.75, 3.05) is 13.1 Å². The molecule has 0 unspecified atom stereocenters. The van der Waals surface area contributed by atoms with Gasteiger partial charge in [0.25, 0.3) is 5.91 Å². The van der Waals surface area contributed by atoms with Crippen LogP contribution in [0.4, 0.5) is 0 Å². The van der Waals surface area contributed by atoms with Crippen LogP contribution >= 0.6 is 12.4 Å². The van der Waals surface area contributed by atoms with Crippen LogP contribution in [0.3, 0.4) is 0 Å². The average molecular weight is 321 g/mol. The second-order valence-corrected chi connectivity index (χ2v) is 5.35. The second-order valence-electron chi connectivity index (χ2n) is 5.35. The maximum Gasteiger partial charge on any atom is 0.254 e. The molecule has 0 saturated carbocycles. The molecule has 118 valence electrons. The maximum atomic E-state index is 12.1. The number of nitrogens with zero attached hydrogens (tertiary/aromatic N) is 2. The molecule has 1 fully saturated rings. The van der Waals surface area contributed by atoms with Gasteiger partial charge in [-0.25, -0.2) is 4.68 Å². The molecule has 5 nitrogen and oxygen atoms in total. The number of aromatic nitrogens is 2. The van der Waals surface area contributed by atoms with Crippen molar-refractivity contribution in [1.82, 2.24) is 20.4 Å². The fourth-order valence-electron chi connectivity index (χ4n) is 2.63. The molecule has 3 rings (SSSR count). The number of amides is 1. The third-order valence-corrected chi connectivity index (χ3v) is 3.81. The summed E-state index contributed by atoms with van der Waals surface area (Å²) in [5, 5.41) is 10.6. The first-order chi connectivity index (χ1) is 10.3. The molecule has 1 aliphatic heterocycles. The Kier molecular flexibility index (Phi) is 5.98. The number of hydrogen-bond donors (Lipinski definition) is 2. The van der Waals surface area contributed by atoms with E-state index in [1.807, 2.05) is 30.3 Å². The van der Waals surface area contributed by atoms with Crippen molar-refractivity contribution in [3.05, 3.63) is 48.3 Å². The van der Waals surface area contributed by atoms with Crippen molar-refractivity contribution in [3.8, 4) is 5.69 Å². The molecule has 0 aliphatic carbocycles. The molecule has 0 radical (unpaired) electrons. The summed E-state index contributed by atoms with van der Waals surface area (Å²) < 4.78 is 1.72. The normalized spacial score (nSPS) is 17.0. The van der Waals surface area contributed by atoms with E-state index < -0.39 is 0 Å². The zero-order valence-electron chi connectivity index (χ0n) is 12.4. The monoisotopic (exact) mass is 320 g/mol. The minimum absolute atomic E-state index is 0. The fourth-order valence-corrected chi connectivity index (χ4v) is 2.63. The lowest BCUT2D eigenvalue weighted by Crippen LogP contribution is -2.30. The van der Waals surface area contributed by atoms with Crippen molar-refractivity contribution in [2.24, 2.45) is 0 Å². The number of carbonyl (C=O) groups is 1. The van der Waals surface area contributed by atoms with Gasteiger partial charge in [0, 0.05) is 18.8 Å². The third-order valence-electron chi connectivity index (χ3n) is 3.81. The number of rotatable bonds is 5. The lowest BCUT2D eigenvalue weighted by molar-refractivity contribution is 0.0952. The van der Waals surface area contributed by atoms with E-state index in [2.05, 4.69) is 15.7 Å². The number of hydrogen-bond acceptors (Lipinski definition) is 3. The van der Waals surface area contributed by atoms with Crippen LogP contribution in [-0.4, -0.2) is 34.8 Å². The summed E-state index contributed by atoms with van der Waals surface area (Å²) in [5.41, 5.74) is 1.55. The average Bonchev–Trinajstić information content (AvgIpc) is 3.20. The van der Waals surface area contributed by atoms with Crippen molar-refractivity contribution in [1.29, 1.82) is 0 Å². The maximum absolute atomic E-state index is 12.1. The van der Waals surface area contributed by atoms with Crippen LogP contribution in [0, 0.1) is 0 Å². The van der Waals surface area contributed by atoms with E-state index in [1.165, 1.54) is 12.8 Å². The van der Waals surface area contributed by atoms with Crippen molar-refractivity contribution in [3.63, 3.8) is 0 Å². The molecule has 2 aromatic rings. The van der Waals surface area contributed by atoms with Gasteiger partial charge >= 0.3 is 0 Å². The van der Waals surface area contributed by atoms with Crippen LogP contribution in [0.5, 0.6) is 0 Å². The Morgan fingerprint density at radius 3 is 2.91 bits per heavy atom. The highest BCUT2D eigenvalue weighted by Crippen LogP contribution is 2.09. The van der Waals surface area contributed by atoms with Crippen molar-refractivity contribution >= 4 is 18.3 Å². The highest BCUT2D eigenvalue weighted by molar-refractivity contribution is 5.93. The Bertz CT molecular complexity index is 593. The number of carbonyl (C=O) groups excluding carboxylic acids is 1. The number of para-hydroxylation sites is 1. The van der Waals surface area contributed by atoms with Crippen LogP contribution < -0.4 is 10.6 Å². The largest absolute Gasteiger partial charge is 0.352 e. The van der Waals surface area contributed by atoms with Crippen LogP contribution in [0.1, 0.15) is 29.6 Å². The van der Waals surface area contributed by atoms with Gasteiger partial charge in [-0.3, -0.25) is 4.79 Å². The summed E-state index contributed by atoms with van der Waals surface area (Å²) in [4.78, 5) is 12.1. The van der Waals surface area contributed by atoms with Gasteiger partial charge in [-0.1, -0.05) is 18.2 Å². The van der Waals surface area contributed by atoms with E-state index in [4.69, 9.17) is 0 Å². The number of nitrogens with one attached hydrogen (secondary N) is 2. The van der Waals surface area contributed by atoms with Gasteiger partial charge in [-0.2, -0.15) is 5.10 Å². The van der Waals surface area contributed by atoms with E-state index in [0.717, 1.165) is 18.7 Å². The first-order valence-electron chi connectivity index (χ1n) is 7.44. The summed E-state index contributed by atoms with van der Waals surface area (Å²) in [5.74, 6) is -0.0600. The molecule has 1 amide bonds. The van der Waals surface area contributed by atoms with E-state index in [-0.39, 0.29) is 18.3 Å². The van der Waals surface area contributed by atoms with Crippen molar-refractivity contribution < 1.29 is 4.79 Å². The molecule has 0 spiro atoms. The first-order valence-corrected chi connectivity index (χ1v) is 7.44. The van der Waals surface area contributed by atoms with E-state index in [0.29, 0.717) is 18.2 Å². The lowest BCUT2D eigenvalue weighted by atomic mass is 10.1. The van der Waals surface area contributed by atoms with E-state index in [1.54, 1.807) is 17.1 Å². The van der Waals surface area contributed by atoms with Gasteiger partial charge in [0.15, 0.2) is 0 Å². The molecule has 1 atom stereocenters. The summed E-state index contributed by atoms with van der Waals surface area (Å²) in [6.45, 7) is 1.80. The molecule has 1 aliphatic rings. The fraction of sp³-hybridized carbons (Fsp3) is 0.375. The predicted octanol–water partition coefficient (Wildman–Crippen LogP) is 2.17. The Hall–Kier alpha value is -1.85. The van der Waals surface area contributed by atoms with E-state index >= 15 is 0 Å². The smallest absolute Gasteiger partial charge is 0.254 e. The summed E-state index contributed by atoms with van der Waals surface area (Å²) >= 11 is 0. The minimum Gasteiger partial charge on any atom is -0.352 e. The first kappa shape index (κ1) is 16.5. The summed E-state index contributed by atoms with van der Waals surface area (Å²) in [6.07, 6.45) is 6.80. The second kappa shape index (κ2) is 7.96. The van der Waals surface area contributed by atoms with Crippen LogP contribution in [0.25, 0.3) is 5.69 Å². The number of halogens is 1. The standard InChI is InChI=1S/C16H20N4O.ClH/c21-16(18-10-8-14-5-4-9-17-14)13-11-19-20(12-13)15-6-2-1-3-7-15;/h1-3,6-7,11-12,14,17H,4-5,8-10H2,(H,18,21);1H/t14-;/m1./s1. The van der Waals surface area contributed by atoms with Crippen LogP contribution in [0.15, 0.2) is 42.7 Å². The molecule has 1 aromatic heterocycles. The summed E-state index contributed by atoms with van der Waals surface area (Å²) in [6, 6.07) is 10.3. The summed E-state index contributed by atoms with van der Waals surface area (Å²) in [7, 11) is 0. The Morgan fingerprint density at radius 1 is 1.36 bits per heavy atom. The molecule has 0 bridgehead atoms. The van der Waals surface area contributed by atoms with Gasteiger partial charge in [0.05, 0.1) is 17.4 Å². The minimum atomic E-state index is -0.0600. The molecule has 2 N–H and O–H groups in total. The molecule has 1 aromatic carbocycles. The Balaban J connectivity index is 0.00000176. The lowest BCUT2D eigenvalue weighted by Gasteiger charge is -2.10. The quantitative estimate of drug-likeness (QED) is 0.887. The SMILES string of the molecule is Cl.O=C(NCC[C@H]1CCCN1)c1cnn(-c2ccccc2)c1. The van der Waals surface area contributed by atoms with Crippen molar-refractivity contribution in [2.45, 2.75) is 25.3 Å². The molecule has 6 heteroatoms. The Labute approximate surface area is 136 Å². The number of benzene rings is 1.